The van der Waals surface area contributed by atoms with Crippen molar-refractivity contribution >= 4 is 11.9 Å². The number of carbonyl (C=O) groups excluding carboxylic acids is 2. The molecule has 0 bridgehead atoms. The van der Waals surface area contributed by atoms with Crippen LogP contribution < -0.4 is 10.6 Å². The maximum absolute atomic E-state index is 11.3. The Morgan fingerprint density at radius 3 is 2.60 bits per heavy atom. The fraction of sp³-hybridized carbons (Fsp3) is 0.778. The molecule has 1 fully saturated rings. The van der Waals surface area contributed by atoms with E-state index in [0.717, 1.165) is 13.1 Å². The summed E-state index contributed by atoms with van der Waals surface area (Å²) >= 11 is 0. The highest BCUT2D eigenvalue weighted by molar-refractivity contribution is 5.95. The standard InChI is InChI=1S/C9H17N3O3/c1-2-10-9(14)11-8(13)7-12-3-5-15-6-4-12/h2-7H2,1H3,(H2,10,11,13,14). The minimum atomic E-state index is -0.434. The summed E-state index contributed by atoms with van der Waals surface area (Å²) in [6.45, 7) is 5.33. The van der Waals surface area contributed by atoms with Gasteiger partial charge in [-0.1, -0.05) is 0 Å². The Hall–Kier alpha value is -1.14. The fourth-order valence-corrected chi connectivity index (χ4v) is 1.33. The molecule has 0 aromatic carbocycles. The zero-order valence-corrected chi connectivity index (χ0v) is 8.91. The molecule has 6 nitrogen and oxygen atoms in total. The van der Waals surface area contributed by atoms with Gasteiger partial charge in [-0.25, -0.2) is 4.79 Å². The molecular weight excluding hydrogens is 198 g/mol. The van der Waals surface area contributed by atoms with E-state index >= 15 is 0 Å². The molecule has 0 saturated carbocycles. The Bertz CT molecular complexity index is 227. The molecule has 0 atom stereocenters. The van der Waals surface area contributed by atoms with E-state index in [1.165, 1.54) is 0 Å². The van der Waals surface area contributed by atoms with Crippen LogP contribution in [0.15, 0.2) is 0 Å². The van der Waals surface area contributed by atoms with Crippen LogP contribution in [0.3, 0.4) is 0 Å². The second-order valence-electron chi connectivity index (χ2n) is 3.30. The van der Waals surface area contributed by atoms with E-state index < -0.39 is 6.03 Å². The molecule has 0 aromatic heterocycles. The molecule has 86 valence electrons. The van der Waals surface area contributed by atoms with Crippen molar-refractivity contribution in [3.8, 4) is 0 Å². The molecule has 1 heterocycles. The van der Waals surface area contributed by atoms with Crippen molar-refractivity contribution in [2.24, 2.45) is 0 Å². The normalized spacial score (nSPS) is 17.1. The maximum atomic E-state index is 11.3. The van der Waals surface area contributed by atoms with Gasteiger partial charge in [-0.2, -0.15) is 0 Å². The van der Waals surface area contributed by atoms with Crippen LogP contribution in [0.4, 0.5) is 4.79 Å². The highest BCUT2D eigenvalue weighted by Gasteiger charge is 2.15. The van der Waals surface area contributed by atoms with Crippen molar-refractivity contribution < 1.29 is 14.3 Å². The average molecular weight is 215 g/mol. The summed E-state index contributed by atoms with van der Waals surface area (Å²) in [6.07, 6.45) is 0. The number of amides is 3. The molecule has 0 unspecified atom stereocenters. The van der Waals surface area contributed by atoms with Crippen molar-refractivity contribution in [2.75, 3.05) is 39.4 Å². The molecule has 1 aliphatic rings. The summed E-state index contributed by atoms with van der Waals surface area (Å²) in [7, 11) is 0. The van der Waals surface area contributed by atoms with E-state index in [1.807, 2.05) is 4.90 Å². The Balaban J connectivity index is 2.19. The lowest BCUT2D eigenvalue weighted by molar-refractivity contribution is -0.122. The predicted molar refractivity (Wildman–Crippen MR) is 54.5 cm³/mol. The van der Waals surface area contributed by atoms with E-state index in [9.17, 15) is 9.59 Å². The van der Waals surface area contributed by atoms with E-state index in [-0.39, 0.29) is 12.5 Å². The summed E-state index contributed by atoms with van der Waals surface area (Å²) in [4.78, 5) is 24.3. The Kier molecular flexibility index (Phi) is 5.06. The Morgan fingerprint density at radius 2 is 2.00 bits per heavy atom. The smallest absolute Gasteiger partial charge is 0.321 e. The summed E-state index contributed by atoms with van der Waals surface area (Å²) in [5.41, 5.74) is 0. The second kappa shape index (κ2) is 6.36. The van der Waals surface area contributed by atoms with Gasteiger partial charge in [0.25, 0.3) is 0 Å². The number of rotatable bonds is 3. The molecule has 1 rings (SSSR count). The number of ether oxygens (including phenoxy) is 1. The molecular formula is C9H17N3O3. The van der Waals surface area contributed by atoms with Crippen molar-refractivity contribution in [3.05, 3.63) is 0 Å². The number of morpholine rings is 1. The minimum Gasteiger partial charge on any atom is -0.379 e. The van der Waals surface area contributed by atoms with Gasteiger partial charge in [0.1, 0.15) is 0 Å². The first-order valence-electron chi connectivity index (χ1n) is 5.10. The molecule has 0 aromatic rings. The maximum Gasteiger partial charge on any atom is 0.321 e. The van der Waals surface area contributed by atoms with E-state index in [0.29, 0.717) is 19.8 Å². The SMILES string of the molecule is CCNC(=O)NC(=O)CN1CCOCC1. The number of imide groups is 1. The van der Waals surface area contributed by atoms with Crippen LogP contribution in [0.25, 0.3) is 0 Å². The van der Waals surface area contributed by atoms with Crippen molar-refractivity contribution in [3.63, 3.8) is 0 Å². The van der Waals surface area contributed by atoms with Crippen LogP contribution in [0.5, 0.6) is 0 Å². The lowest BCUT2D eigenvalue weighted by atomic mass is 10.4. The lowest BCUT2D eigenvalue weighted by Crippen LogP contribution is -2.47. The molecule has 1 saturated heterocycles. The van der Waals surface area contributed by atoms with Crippen LogP contribution >= 0.6 is 0 Å². The van der Waals surface area contributed by atoms with E-state index in [4.69, 9.17) is 4.74 Å². The van der Waals surface area contributed by atoms with Gasteiger partial charge in [-0.15, -0.1) is 0 Å². The number of nitrogens with zero attached hydrogens (tertiary/aromatic N) is 1. The monoisotopic (exact) mass is 215 g/mol. The summed E-state index contributed by atoms with van der Waals surface area (Å²) < 4.78 is 5.15. The molecule has 0 spiro atoms. The fourth-order valence-electron chi connectivity index (χ4n) is 1.33. The molecule has 6 heteroatoms. The third-order valence-electron chi connectivity index (χ3n) is 2.06. The van der Waals surface area contributed by atoms with Crippen LogP contribution in [0, 0.1) is 0 Å². The zero-order valence-electron chi connectivity index (χ0n) is 8.91. The summed E-state index contributed by atoms with van der Waals surface area (Å²) in [5, 5.41) is 4.76. The summed E-state index contributed by atoms with van der Waals surface area (Å²) in [6, 6.07) is -0.434. The topological polar surface area (TPSA) is 70.7 Å². The molecule has 15 heavy (non-hydrogen) atoms. The zero-order chi connectivity index (χ0) is 11.1. The third-order valence-corrected chi connectivity index (χ3v) is 2.06. The minimum absolute atomic E-state index is 0.250. The molecule has 0 aliphatic carbocycles. The first kappa shape index (κ1) is 11.9. The van der Waals surface area contributed by atoms with Gasteiger partial charge in [0, 0.05) is 19.6 Å². The number of urea groups is 1. The first-order chi connectivity index (χ1) is 7.22. The predicted octanol–water partition coefficient (Wildman–Crippen LogP) is -0.836. The van der Waals surface area contributed by atoms with Gasteiger partial charge >= 0.3 is 6.03 Å². The second-order valence-corrected chi connectivity index (χ2v) is 3.30. The van der Waals surface area contributed by atoms with Crippen molar-refractivity contribution in [2.45, 2.75) is 6.92 Å². The van der Waals surface area contributed by atoms with Gasteiger partial charge in [-0.05, 0) is 6.92 Å². The largest absolute Gasteiger partial charge is 0.379 e. The van der Waals surface area contributed by atoms with Crippen LogP contribution in [-0.4, -0.2) is 56.2 Å². The molecule has 0 radical (unpaired) electrons. The van der Waals surface area contributed by atoms with Crippen LogP contribution in [0.1, 0.15) is 6.92 Å². The van der Waals surface area contributed by atoms with E-state index in [2.05, 4.69) is 10.6 Å². The lowest BCUT2D eigenvalue weighted by Gasteiger charge is -2.25. The van der Waals surface area contributed by atoms with Gasteiger partial charge in [0.2, 0.25) is 5.91 Å². The highest BCUT2D eigenvalue weighted by Crippen LogP contribution is 1.95. The quantitative estimate of drug-likeness (QED) is 0.644. The Morgan fingerprint density at radius 1 is 1.33 bits per heavy atom. The number of carbonyl (C=O) groups is 2. The summed E-state index contributed by atoms with van der Waals surface area (Å²) in [5.74, 6) is -0.275. The van der Waals surface area contributed by atoms with Gasteiger partial charge in [0.15, 0.2) is 0 Å². The van der Waals surface area contributed by atoms with Gasteiger partial charge in [-0.3, -0.25) is 15.0 Å². The van der Waals surface area contributed by atoms with Crippen LogP contribution in [0.2, 0.25) is 0 Å². The van der Waals surface area contributed by atoms with Gasteiger partial charge in [0.05, 0.1) is 19.8 Å². The van der Waals surface area contributed by atoms with E-state index in [1.54, 1.807) is 6.92 Å². The van der Waals surface area contributed by atoms with Crippen LogP contribution in [-0.2, 0) is 9.53 Å². The number of hydrogen-bond donors (Lipinski definition) is 2. The third kappa shape index (κ3) is 4.75. The van der Waals surface area contributed by atoms with Crippen molar-refractivity contribution in [1.82, 2.24) is 15.5 Å². The number of nitrogens with one attached hydrogen (secondary N) is 2. The van der Waals surface area contributed by atoms with Gasteiger partial charge < -0.3 is 10.1 Å². The van der Waals surface area contributed by atoms with Crippen molar-refractivity contribution in [1.29, 1.82) is 0 Å². The Labute approximate surface area is 88.9 Å². The first-order valence-corrected chi connectivity index (χ1v) is 5.10. The average Bonchev–Trinajstić information content (AvgIpc) is 2.19. The molecule has 2 N–H and O–H groups in total. The number of hydrogen-bond acceptors (Lipinski definition) is 4. The highest BCUT2D eigenvalue weighted by atomic mass is 16.5. The molecule has 3 amide bonds. The molecule has 1 aliphatic heterocycles.